The Morgan fingerprint density at radius 3 is 2.81 bits per heavy atom. The second kappa shape index (κ2) is 4.63. The minimum absolute atomic E-state index is 0.334. The first-order chi connectivity index (χ1) is 10.1. The Hall–Kier alpha value is -1.75. The van der Waals surface area contributed by atoms with Crippen molar-refractivity contribution < 1.29 is 9.47 Å². The van der Waals surface area contributed by atoms with E-state index in [1.165, 1.54) is 6.42 Å². The molecule has 0 radical (unpaired) electrons. The van der Waals surface area contributed by atoms with Gasteiger partial charge in [0.15, 0.2) is 11.5 Å². The number of fused-ring (bicyclic) bond motifs is 2. The zero-order chi connectivity index (χ0) is 14.4. The highest BCUT2D eigenvalue weighted by Gasteiger charge is 2.35. The van der Waals surface area contributed by atoms with E-state index in [-0.39, 0.29) is 5.54 Å². The quantitative estimate of drug-likeness (QED) is 0.845. The van der Waals surface area contributed by atoms with Crippen LogP contribution in [0.25, 0.3) is 11.0 Å². The predicted molar refractivity (Wildman–Crippen MR) is 80.6 cm³/mol. The van der Waals surface area contributed by atoms with Crippen LogP contribution in [0.2, 0.25) is 0 Å². The second-order valence-electron chi connectivity index (χ2n) is 6.46. The highest BCUT2D eigenvalue weighted by molar-refractivity contribution is 5.80. The first-order valence-electron chi connectivity index (χ1n) is 7.73. The molecule has 5 nitrogen and oxygen atoms in total. The average molecular weight is 287 g/mol. The van der Waals surface area contributed by atoms with E-state index in [4.69, 9.17) is 20.2 Å². The van der Waals surface area contributed by atoms with E-state index in [2.05, 4.69) is 11.9 Å². The van der Waals surface area contributed by atoms with Crippen molar-refractivity contribution in [2.45, 2.75) is 38.1 Å². The highest BCUT2D eigenvalue weighted by Crippen LogP contribution is 2.39. The molecule has 2 aliphatic rings. The van der Waals surface area contributed by atoms with Gasteiger partial charge in [0.05, 0.1) is 16.6 Å². The monoisotopic (exact) mass is 287 g/mol. The van der Waals surface area contributed by atoms with Crippen molar-refractivity contribution in [3.63, 3.8) is 0 Å². The van der Waals surface area contributed by atoms with Crippen LogP contribution in [0.1, 0.15) is 38.4 Å². The number of aromatic amines is 1. The van der Waals surface area contributed by atoms with Crippen LogP contribution in [-0.4, -0.2) is 23.2 Å². The molecule has 2 aromatic rings. The third kappa shape index (κ3) is 2.16. The first-order valence-corrected chi connectivity index (χ1v) is 7.73. The van der Waals surface area contributed by atoms with E-state index in [0.29, 0.717) is 19.1 Å². The number of aromatic nitrogens is 2. The lowest BCUT2D eigenvalue weighted by Gasteiger charge is -2.35. The van der Waals surface area contributed by atoms with E-state index >= 15 is 0 Å². The van der Waals surface area contributed by atoms with E-state index in [0.717, 1.165) is 47.6 Å². The molecule has 2 atom stereocenters. The molecule has 3 N–H and O–H groups in total. The molecule has 0 saturated heterocycles. The summed E-state index contributed by atoms with van der Waals surface area (Å²) in [6.07, 6.45) is 4.40. The number of ether oxygens (including phenoxy) is 2. The van der Waals surface area contributed by atoms with Crippen LogP contribution in [0.5, 0.6) is 11.5 Å². The van der Waals surface area contributed by atoms with E-state index in [1.54, 1.807) is 0 Å². The molecule has 1 aliphatic carbocycles. The number of rotatable bonds is 1. The fraction of sp³-hybridized carbons (Fsp3) is 0.562. The summed E-state index contributed by atoms with van der Waals surface area (Å²) in [5, 5.41) is 0. The maximum atomic E-state index is 6.63. The van der Waals surface area contributed by atoms with Crippen molar-refractivity contribution in [1.82, 2.24) is 9.97 Å². The fourth-order valence-corrected chi connectivity index (χ4v) is 3.59. The summed E-state index contributed by atoms with van der Waals surface area (Å²) >= 11 is 0. The summed E-state index contributed by atoms with van der Waals surface area (Å²) < 4.78 is 11.2. The van der Waals surface area contributed by atoms with Crippen molar-refractivity contribution in [3.05, 3.63) is 18.0 Å². The molecule has 1 saturated carbocycles. The molecular formula is C16H21N3O2. The van der Waals surface area contributed by atoms with E-state index in [1.807, 2.05) is 12.1 Å². The predicted octanol–water partition coefficient (Wildman–Crippen LogP) is 2.70. The lowest BCUT2D eigenvalue weighted by Crippen LogP contribution is -2.42. The third-order valence-electron chi connectivity index (χ3n) is 4.65. The Bertz CT molecular complexity index is 638. The molecule has 1 aliphatic heterocycles. The lowest BCUT2D eigenvalue weighted by molar-refractivity contribution is 0.172. The molecule has 1 fully saturated rings. The van der Waals surface area contributed by atoms with Crippen molar-refractivity contribution >= 4 is 11.0 Å². The molecule has 1 aromatic heterocycles. The fourth-order valence-electron chi connectivity index (χ4n) is 3.59. The van der Waals surface area contributed by atoms with Gasteiger partial charge in [0.1, 0.15) is 19.0 Å². The zero-order valence-electron chi connectivity index (χ0n) is 12.3. The number of nitrogens with one attached hydrogen (secondary N) is 1. The molecule has 2 unspecified atom stereocenters. The number of nitrogens with zero attached hydrogens (tertiary/aromatic N) is 1. The molecule has 112 valence electrons. The summed E-state index contributed by atoms with van der Waals surface area (Å²) in [6, 6.07) is 3.91. The van der Waals surface area contributed by atoms with Crippen molar-refractivity contribution in [3.8, 4) is 11.5 Å². The maximum absolute atomic E-state index is 6.63. The summed E-state index contributed by atoms with van der Waals surface area (Å²) in [7, 11) is 0. The van der Waals surface area contributed by atoms with Gasteiger partial charge in [-0.3, -0.25) is 0 Å². The lowest BCUT2D eigenvalue weighted by atomic mass is 9.76. The van der Waals surface area contributed by atoms with Crippen molar-refractivity contribution in [2.24, 2.45) is 11.7 Å². The average Bonchev–Trinajstić information content (AvgIpc) is 2.88. The summed E-state index contributed by atoms with van der Waals surface area (Å²) in [5.74, 6) is 3.10. The van der Waals surface area contributed by atoms with Crippen LogP contribution in [0.15, 0.2) is 12.1 Å². The number of nitrogens with two attached hydrogens (primary N) is 1. The van der Waals surface area contributed by atoms with Gasteiger partial charge in [-0.15, -0.1) is 0 Å². The van der Waals surface area contributed by atoms with Gasteiger partial charge >= 0.3 is 0 Å². The number of benzene rings is 1. The van der Waals surface area contributed by atoms with Gasteiger partial charge in [0, 0.05) is 12.1 Å². The zero-order valence-corrected chi connectivity index (χ0v) is 12.3. The highest BCUT2D eigenvalue weighted by atomic mass is 16.6. The Labute approximate surface area is 123 Å². The van der Waals surface area contributed by atoms with Crippen LogP contribution < -0.4 is 15.2 Å². The van der Waals surface area contributed by atoms with E-state index < -0.39 is 0 Å². The number of hydrogen-bond donors (Lipinski definition) is 2. The number of H-pyrrole nitrogens is 1. The topological polar surface area (TPSA) is 73.2 Å². The molecule has 0 spiro atoms. The van der Waals surface area contributed by atoms with Crippen LogP contribution in [0.3, 0.4) is 0 Å². The smallest absolute Gasteiger partial charge is 0.163 e. The Kier molecular flexibility index (Phi) is 2.85. The van der Waals surface area contributed by atoms with Gasteiger partial charge in [-0.05, 0) is 18.8 Å². The van der Waals surface area contributed by atoms with Crippen molar-refractivity contribution in [1.29, 1.82) is 0 Å². The van der Waals surface area contributed by atoms with Gasteiger partial charge in [0.25, 0.3) is 0 Å². The Morgan fingerprint density at radius 2 is 2.05 bits per heavy atom. The number of imidazole rings is 1. The molecule has 2 heterocycles. The molecule has 1 aromatic carbocycles. The minimum Gasteiger partial charge on any atom is -0.486 e. The standard InChI is InChI=1S/C16H21N3O2/c1-10-3-2-4-16(17,9-10)15-18-11-7-13-14(8-12(11)19-15)21-6-5-20-13/h7-8,10H,2-6,9,17H2,1H3,(H,18,19). The normalized spacial score (nSPS) is 28.8. The molecule has 0 bridgehead atoms. The Balaban J connectivity index is 1.76. The molecule has 0 amide bonds. The van der Waals surface area contributed by atoms with E-state index in [9.17, 15) is 0 Å². The first kappa shape index (κ1) is 13.0. The molecular weight excluding hydrogens is 266 g/mol. The maximum Gasteiger partial charge on any atom is 0.163 e. The second-order valence-corrected chi connectivity index (χ2v) is 6.46. The SMILES string of the molecule is CC1CCCC(N)(c2nc3cc4c(cc3[nH]2)OCCO4)C1. The number of hydrogen-bond acceptors (Lipinski definition) is 4. The third-order valence-corrected chi connectivity index (χ3v) is 4.65. The summed E-state index contributed by atoms with van der Waals surface area (Å²) in [6.45, 7) is 3.45. The summed E-state index contributed by atoms with van der Waals surface area (Å²) in [4.78, 5) is 8.14. The largest absolute Gasteiger partial charge is 0.486 e. The summed E-state index contributed by atoms with van der Waals surface area (Å²) in [5.41, 5.74) is 8.17. The van der Waals surface area contributed by atoms with Gasteiger partial charge in [-0.1, -0.05) is 19.8 Å². The van der Waals surface area contributed by atoms with Crippen molar-refractivity contribution in [2.75, 3.05) is 13.2 Å². The van der Waals surface area contributed by atoms with Gasteiger partial charge < -0.3 is 20.2 Å². The van der Waals surface area contributed by atoms with Gasteiger partial charge in [-0.2, -0.15) is 0 Å². The van der Waals surface area contributed by atoms with Crippen LogP contribution >= 0.6 is 0 Å². The molecule has 4 rings (SSSR count). The van der Waals surface area contributed by atoms with Crippen LogP contribution in [-0.2, 0) is 5.54 Å². The molecule has 21 heavy (non-hydrogen) atoms. The van der Waals surface area contributed by atoms with Crippen LogP contribution in [0.4, 0.5) is 0 Å². The minimum atomic E-state index is -0.334. The van der Waals surface area contributed by atoms with Gasteiger partial charge in [-0.25, -0.2) is 4.98 Å². The van der Waals surface area contributed by atoms with Crippen LogP contribution in [0, 0.1) is 5.92 Å². The molecule has 5 heteroatoms. The van der Waals surface area contributed by atoms with Gasteiger partial charge in [0.2, 0.25) is 0 Å². The Morgan fingerprint density at radius 1 is 1.29 bits per heavy atom.